The summed E-state index contributed by atoms with van der Waals surface area (Å²) in [7, 11) is 0. The van der Waals surface area contributed by atoms with Crippen LogP contribution in [0.1, 0.15) is 65.2 Å². The highest BCUT2D eigenvalue weighted by molar-refractivity contribution is 4.88. The molecule has 0 aromatic carbocycles. The summed E-state index contributed by atoms with van der Waals surface area (Å²) in [6, 6.07) is 1.40. The van der Waals surface area contributed by atoms with Crippen molar-refractivity contribution in [3.63, 3.8) is 0 Å². The third-order valence-corrected chi connectivity index (χ3v) is 5.30. The lowest BCUT2D eigenvalue weighted by molar-refractivity contribution is 0.0509. The van der Waals surface area contributed by atoms with Crippen molar-refractivity contribution in [2.24, 2.45) is 17.6 Å². The fourth-order valence-corrected chi connectivity index (χ4v) is 4.21. The van der Waals surface area contributed by atoms with Gasteiger partial charge in [0.2, 0.25) is 0 Å². The van der Waals surface area contributed by atoms with E-state index in [1.807, 2.05) is 0 Å². The van der Waals surface area contributed by atoms with E-state index in [0.717, 1.165) is 24.4 Å². The van der Waals surface area contributed by atoms with E-state index in [9.17, 15) is 0 Å². The molecule has 1 aliphatic carbocycles. The first-order chi connectivity index (χ1) is 8.72. The zero-order chi connectivity index (χ0) is 13.0. The molecule has 2 nitrogen and oxygen atoms in total. The summed E-state index contributed by atoms with van der Waals surface area (Å²) in [5.74, 6) is 1.78. The predicted molar refractivity (Wildman–Crippen MR) is 78.6 cm³/mol. The van der Waals surface area contributed by atoms with Gasteiger partial charge in [-0.25, -0.2) is 0 Å². The maximum atomic E-state index is 6.14. The lowest BCUT2D eigenvalue weighted by Crippen LogP contribution is -2.52. The molecule has 2 heteroatoms. The largest absolute Gasteiger partial charge is 0.329 e. The smallest absolute Gasteiger partial charge is 0.0249 e. The van der Waals surface area contributed by atoms with Gasteiger partial charge < -0.3 is 5.73 Å². The van der Waals surface area contributed by atoms with Gasteiger partial charge in [-0.05, 0) is 51.0 Å². The lowest BCUT2D eigenvalue weighted by atomic mass is 9.86. The normalized spacial score (nSPS) is 34.2. The highest BCUT2D eigenvalue weighted by Gasteiger charge is 2.32. The van der Waals surface area contributed by atoms with Crippen LogP contribution in [0.3, 0.4) is 0 Å². The second-order valence-corrected chi connectivity index (χ2v) is 6.77. The molecule has 1 aliphatic heterocycles. The Bertz CT molecular complexity index is 233. The summed E-state index contributed by atoms with van der Waals surface area (Å²) in [5, 5.41) is 0. The molecular formula is C16H32N2. The molecule has 1 saturated heterocycles. The number of hydrogen-bond acceptors (Lipinski definition) is 2. The lowest BCUT2D eigenvalue weighted by Gasteiger charge is -2.44. The van der Waals surface area contributed by atoms with Crippen LogP contribution in [-0.2, 0) is 0 Å². The maximum absolute atomic E-state index is 6.14. The first kappa shape index (κ1) is 14.3. The van der Waals surface area contributed by atoms with Crippen LogP contribution < -0.4 is 5.73 Å². The second kappa shape index (κ2) is 6.91. The van der Waals surface area contributed by atoms with Crippen molar-refractivity contribution in [1.82, 2.24) is 4.90 Å². The summed E-state index contributed by atoms with van der Waals surface area (Å²) >= 11 is 0. The number of nitrogens with two attached hydrogens (primary N) is 1. The van der Waals surface area contributed by atoms with Gasteiger partial charge in [-0.15, -0.1) is 0 Å². The number of piperidine rings is 1. The Morgan fingerprint density at radius 3 is 2.28 bits per heavy atom. The van der Waals surface area contributed by atoms with Crippen molar-refractivity contribution < 1.29 is 0 Å². The van der Waals surface area contributed by atoms with Gasteiger partial charge in [-0.3, -0.25) is 4.90 Å². The second-order valence-electron chi connectivity index (χ2n) is 6.77. The van der Waals surface area contributed by atoms with E-state index in [1.54, 1.807) is 0 Å². The Balaban J connectivity index is 1.98. The van der Waals surface area contributed by atoms with Gasteiger partial charge in [-0.2, -0.15) is 0 Å². The average molecular weight is 252 g/mol. The average Bonchev–Trinajstić information content (AvgIpc) is 2.62. The summed E-state index contributed by atoms with van der Waals surface area (Å²) in [4.78, 5) is 2.75. The fraction of sp³-hybridized carbons (Fsp3) is 1.00. The highest BCUT2D eigenvalue weighted by Crippen LogP contribution is 2.32. The summed E-state index contributed by atoms with van der Waals surface area (Å²) < 4.78 is 0. The van der Waals surface area contributed by atoms with Gasteiger partial charge in [0.05, 0.1) is 0 Å². The monoisotopic (exact) mass is 252 g/mol. The van der Waals surface area contributed by atoms with Crippen LogP contribution in [0.4, 0.5) is 0 Å². The summed E-state index contributed by atoms with van der Waals surface area (Å²) in [6.45, 7) is 6.95. The zero-order valence-electron chi connectivity index (χ0n) is 12.4. The van der Waals surface area contributed by atoms with E-state index in [-0.39, 0.29) is 0 Å². The third kappa shape index (κ3) is 3.48. The van der Waals surface area contributed by atoms with Crippen LogP contribution >= 0.6 is 0 Å². The molecular weight excluding hydrogens is 220 g/mol. The van der Waals surface area contributed by atoms with Crippen molar-refractivity contribution in [2.75, 3.05) is 13.1 Å². The standard InChI is InChI=1S/C16H32N2/c1-13-9-10-18(14(2)11-13)16(12-17)15-7-5-3-4-6-8-15/h13-16H,3-12,17H2,1-2H3. The molecule has 3 atom stereocenters. The predicted octanol–water partition coefficient (Wildman–Crippen LogP) is 3.40. The molecule has 0 bridgehead atoms. The maximum Gasteiger partial charge on any atom is 0.0249 e. The highest BCUT2D eigenvalue weighted by atomic mass is 15.2. The van der Waals surface area contributed by atoms with Gasteiger partial charge in [0.25, 0.3) is 0 Å². The Hall–Kier alpha value is -0.0800. The van der Waals surface area contributed by atoms with E-state index in [2.05, 4.69) is 18.7 Å². The molecule has 1 heterocycles. The molecule has 0 amide bonds. The molecule has 0 spiro atoms. The molecule has 3 unspecified atom stereocenters. The van der Waals surface area contributed by atoms with Crippen molar-refractivity contribution in [3.05, 3.63) is 0 Å². The molecule has 0 aromatic rings. The molecule has 106 valence electrons. The van der Waals surface area contributed by atoms with Crippen molar-refractivity contribution in [2.45, 2.75) is 77.3 Å². The number of hydrogen-bond donors (Lipinski definition) is 1. The van der Waals surface area contributed by atoms with Crippen LogP contribution in [0.5, 0.6) is 0 Å². The Morgan fingerprint density at radius 2 is 1.72 bits per heavy atom. The van der Waals surface area contributed by atoms with E-state index < -0.39 is 0 Å². The minimum atomic E-state index is 0.658. The van der Waals surface area contributed by atoms with Gasteiger partial charge >= 0.3 is 0 Å². The minimum Gasteiger partial charge on any atom is -0.329 e. The summed E-state index contributed by atoms with van der Waals surface area (Å²) in [5.41, 5.74) is 6.14. The third-order valence-electron chi connectivity index (χ3n) is 5.30. The fourth-order valence-electron chi connectivity index (χ4n) is 4.21. The van der Waals surface area contributed by atoms with Gasteiger partial charge in [-0.1, -0.05) is 32.6 Å². The minimum absolute atomic E-state index is 0.658. The number of likely N-dealkylation sites (tertiary alicyclic amines) is 1. The molecule has 0 aromatic heterocycles. The van der Waals surface area contributed by atoms with Crippen LogP contribution in [-0.4, -0.2) is 30.1 Å². The van der Waals surface area contributed by atoms with Crippen molar-refractivity contribution in [1.29, 1.82) is 0 Å². The van der Waals surface area contributed by atoms with Crippen LogP contribution in [0.15, 0.2) is 0 Å². The van der Waals surface area contributed by atoms with Gasteiger partial charge in [0.1, 0.15) is 0 Å². The number of rotatable bonds is 3. The van der Waals surface area contributed by atoms with Crippen molar-refractivity contribution in [3.8, 4) is 0 Å². The SMILES string of the molecule is CC1CCN(C(CN)C2CCCCCC2)C(C)C1. The molecule has 2 aliphatic rings. The molecule has 2 fully saturated rings. The number of nitrogens with zero attached hydrogens (tertiary/aromatic N) is 1. The van der Waals surface area contributed by atoms with Crippen LogP contribution in [0, 0.1) is 11.8 Å². The zero-order valence-corrected chi connectivity index (χ0v) is 12.4. The summed E-state index contributed by atoms with van der Waals surface area (Å²) in [6.07, 6.45) is 11.3. The topological polar surface area (TPSA) is 29.3 Å². The van der Waals surface area contributed by atoms with E-state index in [0.29, 0.717) is 6.04 Å². The molecule has 0 radical (unpaired) electrons. The van der Waals surface area contributed by atoms with E-state index >= 15 is 0 Å². The quantitative estimate of drug-likeness (QED) is 0.780. The molecule has 1 saturated carbocycles. The van der Waals surface area contributed by atoms with E-state index in [1.165, 1.54) is 57.9 Å². The van der Waals surface area contributed by atoms with Gasteiger partial charge in [0, 0.05) is 18.6 Å². The Morgan fingerprint density at radius 1 is 1.06 bits per heavy atom. The van der Waals surface area contributed by atoms with Gasteiger partial charge in [0.15, 0.2) is 0 Å². The molecule has 2 rings (SSSR count). The van der Waals surface area contributed by atoms with Crippen LogP contribution in [0.25, 0.3) is 0 Å². The Kier molecular flexibility index (Phi) is 5.50. The first-order valence-electron chi connectivity index (χ1n) is 8.18. The first-order valence-corrected chi connectivity index (χ1v) is 8.18. The Labute approximate surface area is 113 Å². The van der Waals surface area contributed by atoms with Crippen molar-refractivity contribution >= 4 is 0 Å². The molecule has 18 heavy (non-hydrogen) atoms. The van der Waals surface area contributed by atoms with E-state index in [4.69, 9.17) is 5.73 Å². The molecule has 2 N–H and O–H groups in total. The van der Waals surface area contributed by atoms with Crippen LogP contribution in [0.2, 0.25) is 0 Å².